The zero-order chi connectivity index (χ0) is 15.8. The van der Waals surface area contributed by atoms with Crippen LogP contribution in [0.25, 0.3) is 0 Å². The number of aryl methyl sites for hydroxylation is 1. The third-order valence-electron chi connectivity index (χ3n) is 3.27. The smallest absolute Gasteiger partial charge is 0.241 e. The quantitative estimate of drug-likeness (QED) is 0.832. The van der Waals surface area contributed by atoms with Gasteiger partial charge in [-0.15, -0.1) is 11.3 Å². The maximum absolute atomic E-state index is 12.6. The van der Waals surface area contributed by atoms with Gasteiger partial charge in [-0.2, -0.15) is 0 Å². The number of thiophene rings is 1. The van der Waals surface area contributed by atoms with Gasteiger partial charge in [0.05, 0.1) is 15.3 Å². The lowest BCUT2D eigenvalue weighted by atomic mass is 10.1. The molecule has 0 amide bonds. The number of nitrogens with two attached hydrogens (primary N) is 1. The largest absolute Gasteiger partial charge is 0.398 e. The second-order valence-electron chi connectivity index (χ2n) is 4.91. The number of sulfonamides is 1. The van der Waals surface area contributed by atoms with E-state index >= 15 is 0 Å². The summed E-state index contributed by atoms with van der Waals surface area (Å²) >= 11 is 7.25. The van der Waals surface area contributed by atoms with Gasteiger partial charge in [0, 0.05) is 10.6 Å². The molecular weight excluding hydrogens is 328 g/mol. The van der Waals surface area contributed by atoms with Crippen LogP contribution in [-0.4, -0.2) is 8.42 Å². The van der Waals surface area contributed by atoms with Crippen LogP contribution < -0.4 is 10.5 Å². The molecule has 4 nitrogen and oxygen atoms in total. The SMILES string of the molecule is Cc1ccc(N)c(C)c1S(=O)(=O)NC(C)c1ccc(Cl)s1. The summed E-state index contributed by atoms with van der Waals surface area (Å²) in [6, 6.07) is 6.64. The number of nitrogens with one attached hydrogen (secondary N) is 1. The molecule has 0 spiro atoms. The predicted molar refractivity (Wildman–Crippen MR) is 88.4 cm³/mol. The highest BCUT2D eigenvalue weighted by molar-refractivity contribution is 7.89. The van der Waals surface area contributed by atoms with E-state index in [1.165, 1.54) is 11.3 Å². The third-order valence-corrected chi connectivity index (χ3v) is 6.51. The standard InChI is InChI=1S/C14H17ClN2O2S2/c1-8-4-5-11(16)9(2)14(8)21(18,19)17-10(3)12-6-7-13(15)20-12/h4-7,10,17H,16H2,1-3H3. The van der Waals surface area contributed by atoms with Crippen LogP contribution >= 0.6 is 22.9 Å². The first kappa shape index (κ1) is 16.3. The summed E-state index contributed by atoms with van der Waals surface area (Å²) in [5.74, 6) is 0. The molecule has 21 heavy (non-hydrogen) atoms. The van der Waals surface area contributed by atoms with Gasteiger partial charge >= 0.3 is 0 Å². The van der Waals surface area contributed by atoms with E-state index in [0.717, 1.165) is 4.88 Å². The van der Waals surface area contributed by atoms with Crippen LogP contribution in [0.4, 0.5) is 5.69 Å². The van der Waals surface area contributed by atoms with Gasteiger partial charge in [0.25, 0.3) is 0 Å². The Kier molecular flexibility index (Phi) is 4.63. The van der Waals surface area contributed by atoms with Crippen LogP contribution in [-0.2, 0) is 10.0 Å². The van der Waals surface area contributed by atoms with Crippen molar-refractivity contribution in [1.82, 2.24) is 4.72 Å². The average Bonchev–Trinajstić information content (AvgIpc) is 2.80. The molecule has 0 fully saturated rings. The summed E-state index contributed by atoms with van der Waals surface area (Å²) in [6.45, 7) is 5.26. The zero-order valence-corrected chi connectivity index (χ0v) is 14.4. The number of rotatable bonds is 4. The van der Waals surface area contributed by atoms with Crippen LogP contribution in [0.5, 0.6) is 0 Å². The fourth-order valence-corrected chi connectivity index (χ4v) is 5.03. The molecule has 1 aromatic carbocycles. The molecule has 1 heterocycles. The molecule has 3 N–H and O–H groups in total. The van der Waals surface area contributed by atoms with Crippen molar-refractivity contribution in [2.45, 2.75) is 31.7 Å². The Morgan fingerprint density at radius 3 is 2.48 bits per heavy atom. The molecule has 0 aliphatic rings. The minimum absolute atomic E-state index is 0.247. The van der Waals surface area contributed by atoms with Gasteiger partial charge in [0.15, 0.2) is 0 Å². The minimum Gasteiger partial charge on any atom is -0.398 e. The van der Waals surface area contributed by atoms with E-state index in [4.69, 9.17) is 17.3 Å². The molecule has 0 aliphatic carbocycles. The van der Waals surface area contributed by atoms with E-state index in [1.807, 2.05) is 6.07 Å². The Labute approximate surface area is 134 Å². The average molecular weight is 345 g/mol. The van der Waals surface area contributed by atoms with Crippen molar-refractivity contribution in [2.24, 2.45) is 0 Å². The molecule has 1 aromatic heterocycles. The van der Waals surface area contributed by atoms with Crippen LogP contribution in [0, 0.1) is 13.8 Å². The monoisotopic (exact) mass is 344 g/mol. The lowest BCUT2D eigenvalue weighted by Gasteiger charge is -2.17. The predicted octanol–water partition coefficient (Wildman–Crippen LogP) is 3.64. The normalized spacial score (nSPS) is 13.3. The number of halogens is 1. The Morgan fingerprint density at radius 2 is 1.90 bits per heavy atom. The lowest BCUT2D eigenvalue weighted by Crippen LogP contribution is -2.28. The number of benzene rings is 1. The van der Waals surface area contributed by atoms with E-state index in [0.29, 0.717) is 21.2 Å². The van der Waals surface area contributed by atoms with Gasteiger partial charge in [-0.3, -0.25) is 0 Å². The Balaban J connectivity index is 2.37. The van der Waals surface area contributed by atoms with Crippen molar-refractivity contribution in [2.75, 3.05) is 5.73 Å². The van der Waals surface area contributed by atoms with Crippen molar-refractivity contribution >= 4 is 38.6 Å². The first-order chi connectivity index (χ1) is 9.72. The number of anilines is 1. The van der Waals surface area contributed by atoms with Crippen molar-refractivity contribution in [3.63, 3.8) is 0 Å². The third kappa shape index (κ3) is 3.40. The van der Waals surface area contributed by atoms with E-state index in [2.05, 4.69) is 4.72 Å². The van der Waals surface area contributed by atoms with Gasteiger partial charge in [-0.25, -0.2) is 13.1 Å². The second kappa shape index (κ2) is 5.96. The first-order valence-corrected chi connectivity index (χ1v) is 9.03. The van der Waals surface area contributed by atoms with E-state index in [-0.39, 0.29) is 10.9 Å². The van der Waals surface area contributed by atoms with Crippen molar-refractivity contribution in [1.29, 1.82) is 0 Å². The highest BCUT2D eigenvalue weighted by Crippen LogP contribution is 2.30. The molecule has 2 rings (SSSR count). The Hall–Kier alpha value is -1.08. The maximum Gasteiger partial charge on any atom is 0.241 e. The summed E-state index contributed by atoms with van der Waals surface area (Å²) in [5, 5.41) is 0. The van der Waals surface area contributed by atoms with Crippen molar-refractivity contribution < 1.29 is 8.42 Å². The van der Waals surface area contributed by atoms with Crippen LogP contribution in [0.3, 0.4) is 0 Å². The second-order valence-corrected chi connectivity index (χ2v) is 8.31. The molecule has 0 saturated heterocycles. The van der Waals surface area contributed by atoms with Crippen LogP contribution in [0.15, 0.2) is 29.2 Å². The maximum atomic E-state index is 12.6. The minimum atomic E-state index is -3.65. The van der Waals surface area contributed by atoms with E-state index in [1.54, 1.807) is 39.0 Å². The molecule has 1 unspecified atom stereocenters. The van der Waals surface area contributed by atoms with Gasteiger partial charge in [-0.05, 0) is 50.1 Å². The zero-order valence-electron chi connectivity index (χ0n) is 12.0. The summed E-state index contributed by atoms with van der Waals surface area (Å²) in [4.78, 5) is 1.11. The molecule has 7 heteroatoms. The van der Waals surface area contributed by atoms with Crippen LogP contribution in [0.2, 0.25) is 4.34 Å². The molecular formula is C14H17ClN2O2S2. The molecule has 0 bridgehead atoms. The lowest BCUT2D eigenvalue weighted by molar-refractivity contribution is 0.567. The first-order valence-electron chi connectivity index (χ1n) is 6.35. The van der Waals surface area contributed by atoms with Gasteiger partial charge < -0.3 is 5.73 Å². The van der Waals surface area contributed by atoms with Gasteiger partial charge in [-0.1, -0.05) is 17.7 Å². The number of nitrogen functional groups attached to an aromatic ring is 1. The fraction of sp³-hybridized carbons (Fsp3) is 0.286. The molecule has 1 atom stereocenters. The van der Waals surface area contributed by atoms with E-state index in [9.17, 15) is 8.42 Å². The summed E-state index contributed by atoms with van der Waals surface area (Å²) in [5.41, 5.74) is 7.53. The molecule has 2 aromatic rings. The molecule has 114 valence electrons. The Morgan fingerprint density at radius 1 is 1.24 bits per heavy atom. The topological polar surface area (TPSA) is 72.2 Å². The summed E-state index contributed by atoms with van der Waals surface area (Å²) in [7, 11) is -3.65. The molecule has 0 radical (unpaired) electrons. The highest BCUT2D eigenvalue weighted by Gasteiger charge is 2.24. The van der Waals surface area contributed by atoms with Crippen LogP contribution in [0.1, 0.15) is 29.0 Å². The molecule has 0 aliphatic heterocycles. The Bertz CT molecular complexity index is 769. The number of hydrogen-bond donors (Lipinski definition) is 2. The summed E-state index contributed by atoms with van der Waals surface area (Å²) < 4.78 is 28.6. The van der Waals surface area contributed by atoms with Crippen molar-refractivity contribution in [3.8, 4) is 0 Å². The summed E-state index contributed by atoms with van der Waals surface area (Å²) in [6.07, 6.45) is 0. The fourth-order valence-electron chi connectivity index (χ4n) is 2.17. The van der Waals surface area contributed by atoms with Crippen molar-refractivity contribution in [3.05, 3.63) is 44.6 Å². The molecule has 0 saturated carbocycles. The van der Waals surface area contributed by atoms with Gasteiger partial charge in [0.1, 0.15) is 0 Å². The van der Waals surface area contributed by atoms with Gasteiger partial charge in [0.2, 0.25) is 10.0 Å². The number of hydrogen-bond acceptors (Lipinski definition) is 4. The van der Waals surface area contributed by atoms with E-state index < -0.39 is 10.0 Å². The highest BCUT2D eigenvalue weighted by atomic mass is 35.5.